The summed E-state index contributed by atoms with van der Waals surface area (Å²) in [7, 11) is 0. The molecule has 2 aromatic carbocycles. The van der Waals surface area contributed by atoms with Crippen LogP contribution in [0.2, 0.25) is 10.0 Å². The van der Waals surface area contributed by atoms with Gasteiger partial charge in [-0.05, 0) is 24.3 Å². The molecule has 130 valence electrons. The number of amides is 2. The molecule has 0 aromatic heterocycles. The summed E-state index contributed by atoms with van der Waals surface area (Å²) in [6.45, 7) is 0. The number of rotatable bonds is 7. The minimum atomic E-state index is -0.307. The summed E-state index contributed by atoms with van der Waals surface area (Å²) in [5, 5.41) is 7.54. The molecule has 0 aliphatic heterocycles. The van der Waals surface area contributed by atoms with Crippen molar-refractivity contribution in [2.24, 2.45) is 5.10 Å². The van der Waals surface area contributed by atoms with E-state index in [4.69, 9.17) is 23.2 Å². The molecule has 0 aliphatic carbocycles. The summed E-state index contributed by atoms with van der Waals surface area (Å²) in [6, 6.07) is 14.1. The fourth-order valence-corrected chi connectivity index (χ4v) is 2.83. The Bertz CT molecular complexity index is 770. The van der Waals surface area contributed by atoms with Gasteiger partial charge in [-0.3, -0.25) is 9.59 Å². The van der Waals surface area contributed by atoms with E-state index in [1.54, 1.807) is 30.3 Å². The van der Waals surface area contributed by atoms with Crippen LogP contribution in [0.4, 0.5) is 5.69 Å². The Morgan fingerprint density at radius 2 is 1.76 bits per heavy atom. The lowest BCUT2D eigenvalue weighted by Gasteiger charge is -2.04. The van der Waals surface area contributed by atoms with E-state index in [1.807, 2.05) is 18.2 Å². The molecule has 2 amide bonds. The molecule has 0 heterocycles. The number of benzene rings is 2. The zero-order chi connectivity index (χ0) is 18.1. The Hall–Kier alpha value is -2.02. The van der Waals surface area contributed by atoms with Gasteiger partial charge in [-0.1, -0.05) is 47.5 Å². The standard InChI is InChI=1S/C17H15Cl2N3O2S/c18-13-7-6-12(15(19)8-13)9-20-22-17(24)11-25-10-16(23)21-14-4-2-1-3-5-14/h1-9H,10-11H2,(H,21,23)(H,22,24). The van der Waals surface area contributed by atoms with Gasteiger partial charge in [-0.25, -0.2) is 5.43 Å². The van der Waals surface area contributed by atoms with Crippen LogP contribution >= 0.6 is 35.0 Å². The van der Waals surface area contributed by atoms with Crippen LogP contribution in [0.5, 0.6) is 0 Å². The number of nitrogens with one attached hydrogen (secondary N) is 2. The molecule has 8 heteroatoms. The van der Waals surface area contributed by atoms with E-state index in [-0.39, 0.29) is 23.3 Å². The van der Waals surface area contributed by atoms with Gasteiger partial charge in [0, 0.05) is 16.3 Å². The first kappa shape index (κ1) is 19.3. The Morgan fingerprint density at radius 3 is 2.48 bits per heavy atom. The fraction of sp³-hybridized carbons (Fsp3) is 0.118. The van der Waals surface area contributed by atoms with E-state index in [2.05, 4.69) is 15.8 Å². The van der Waals surface area contributed by atoms with E-state index in [9.17, 15) is 9.59 Å². The van der Waals surface area contributed by atoms with Crippen LogP contribution in [-0.4, -0.2) is 29.5 Å². The molecule has 0 radical (unpaired) electrons. The topological polar surface area (TPSA) is 70.6 Å². The highest BCUT2D eigenvalue weighted by molar-refractivity contribution is 8.00. The number of para-hydroxylation sites is 1. The molecule has 0 atom stereocenters. The van der Waals surface area contributed by atoms with Gasteiger partial charge in [0.1, 0.15) is 0 Å². The van der Waals surface area contributed by atoms with Gasteiger partial charge in [-0.15, -0.1) is 11.8 Å². The van der Waals surface area contributed by atoms with Crippen molar-refractivity contribution < 1.29 is 9.59 Å². The molecule has 5 nitrogen and oxygen atoms in total. The van der Waals surface area contributed by atoms with Crippen molar-refractivity contribution >= 4 is 58.7 Å². The molecule has 0 unspecified atom stereocenters. The first-order valence-corrected chi connectivity index (χ1v) is 9.15. The number of carbonyl (C=O) groups is 2. The Kier molecular flexibility index (Phi) is 7.78. The number of hydrazone groups is 1. The summed E-state index contributed by atoms with van der Waals surface area (Å²) in [6.07, 6.45) is 1.43. The molecule has 25 heavy (non-hydrogen) atoms. The Morgan fingerprint density at radius 1 is 1.04 bits per heavy atom. The average molecular weight is 396 g/mol. The highest BCUT2D eigenvalue weighted by Gasteiger charge is 2.05. The fourth-order valence-electron chi connectivity index (χ4n) is 1.77. The summed E-state index contributed by atoms with van der Waals surface area (Å²) < 4.78 is 0. The first-order chi connectivity index (χ1) is 12.0. The Labute approximate surface area is 159 Å². The van der Waals surface area contributed by atoms with E-state index >= 15 is 0 Å². The third-order valence-corrected chi connectivity index (χ3v) is 4.37. The second-order valence-corrected chi connectivity index (χ2v) is 6.70. The lowest BCUT2D eigenvalue weighted by Crippen LogP contribution is -2.21. The molecule has 0 saturated carbocycles. The maximum atomic E-state index is 11.7. The summed E-state index contributed by atoms with van der Waals surface area (Å²) in [5.74, 6) is -0.178. The van der Waals surface area contributed by atoms with Crippen molar-refractivity contribution in [1.29, 1.82) is 0 Å². The van der Waals surface area contributed by atoms with Gasteiger partial charge in [0.2, 0.25) is 11.8 Å². The maximum Gasteiger partial charge on any atom is 0.250 e. The molecule has 2 rings (SSSR count). The van der Waals surface area contributed by atoms with Crippen LogP contribution in [0.1, 0.15) is 5.56 Å². The lowest BCUT2D eigenvalue weighted by atomic mass is 10.2. The maximum absolute atomic E-state index is 11.7. The largest absolute Gasteiger partial charge is 0.325 e. The van der Waals surface area contributed by atoms with E-state index in [0.717, 1.165) is 5.69 Å². The molecular weight excluding hydrogens is 381 g/mol. The highest BCUT2D eigenvalue weighted by atomic mass is 35.5. The summed E-state index contributed by atoms with van der Waals surface area (Å²) in [4.78, 5) is 23.4. The van der Waals surface area contributed by atoms with E-state index < -0.39 is 0 Å². The van der Waals surface area contributed by atoms with Crippen LogP contribution in [-0.2, 0) is 9.59 Å². The van der Waals surface area contributed by atoms with Crippen molar-refractivity contribution in [3.63, 3.8) is 0 Å². The predicted molar refractivity (Wildman–Crippen MR) is 105 cm³/mol. The predicted octanol–water partition coefficient (Wildman–Crippen LogP) is 3.82. The van der Waals surface area contributed by atoms with Gasteiger partial charge < -0.3 is 5.32 Å². The quantitative estimate of drug-likeness (QED) is 0.552. The van der Waals surface area contributed by atoms with Crippen LogP contribution in [0.25, 0.3) is 0 Å². The van der Waals surface area contributed by atoms with Crippen molar-refractivity contribution in [2.45, 2.75) is 0 Å². The normalized spacial score (nSPS) is 10.6. The van der Waals surface area contributed by atoms with Crippen LogP contribution in [0.15, 0.2) is 53.6 Å². The monoisotopic (exact) mass is 395 g/mol. The summed E-state index contributed by atoms with van der Waals surface area (Å²) in [5.41, 5.74) is 3.75. The van der Waals surface area contributed by atoms with Crippen molar-refractivity contribution in [3.8, 4) is 0 Å². The van der Waals surface area contributed by atoms with Crippen LogP contribution in [0, 0.1) is 0 Å². The Balaban J connectivity index is 1.68. The molecule has 0 saturated heterocycles. The second kappa shape index (κ2) is 10.1. The van der Waals surface area contributed by atoms with Gasteiger partial charge in [0.15, 0.2) is 0 Å². The minimum Gasteiger partial charge on any atom is -0.325 e. The zero-order valence-electron chi connectivity index (χ0n) is 13.0. The number of hydrogen-bond acceptors (Lipinski definition) is 4. The van der Waals surface area contributed by atoms with Gasteiger partial charge in [-0.2, -0.15) is 5.10 Å². The number of carbonyl (C=O) groups excluding carboxylic acids is 2. The smallest absolute Gasteiger partial charge is 0.250 e. The van der Waals surface area contributed by atoms with Gasteiger partial charge in [0.25, 0.3) is 0 Å². The average Bonchev–Trinajstić information content (AvgIpc) is 2.58. The van der Waals surface area contributed by atoms with Crippen LogP contribution < -0.4 is 10.7 Å². The third kappa shape index (κ3) is 7.17. The molecule has 2 N–H and O–H groups in total. The van der Waals surface area contributed by atoms with Gasteiger partial charge >= 0.3 is 0 Å². The molecule has 2 aromatic rings. The van der Waals surface area contributed by atoms with Gasteiger partial charge in [0.05, 0.1) is 22.7 Å². The first-order valence-electron chi connectivity index (χ1n) is 7.24. The number of hydrogen-bond donors (Lipinski definition) is 2. The molecule has 0 bridgehead atoms. The zero-order valence-corrected chi connectivity index (χ0v) is 15.4. The van der Waals surface area contributed by atoms with E-state index in [0.29, 0.717) is 15.6 Å². The van der Waals surface area contributed by atoms with Crippen molar-refractivity contribution in [1.82, 2.24) is 5.43 Å². The van der Waals surface area contributed by atoms with Crippen molar-refractivity contribution in [2.75, 3.05) is 16.8 Å². The van der Waals surface area contributed by atoms with Crippen molar-refractivity contribution in [3.05, 3.63) is 64.1 Å². The minimum absolute atomic E-state index is 0.119. The molecule has 0 spiro atoms. The number of thioether (sulfide) groups is 1. The SMILES string of the molecule is O=C(CSCC(=O)Nc1ccccc1)NN=Cc1ccc(Cl)cc1Cl. The number of nitrogens with zero attached hydrogens (tertiary/aromatic N) is 1. The number of halogens is 2. The number of anilines is 1. The molecule has 0 aliphatic rings. The van der Waals surface area contributed by atoms with Crippen LogP contribution in [0.3, 0.4) is 0 Å². The molecular formula is C17H15Cl2N3O2S. The molecule has 0 fully saturated rings. The second-order valence-electron chi connectivity index (χ2n) is 4.87. The summed E-state index contributed by atoms with van der Waals surface area (Å²) >= 11 is 13.0. The lowest BCUT2D eigenvalue weighted by molar-refractivity contribution is -0.118. The van der Waals surface area contributed by atoms with E-state index in [1.165, 1.54) is 18.0 Å². The highest BCUT2D eigenvalue weighted by Crippen LogP contribution is 2.19. The third-order valence-electron chi connectivity index (χ3n) is 2.88.